The van der Waals surface area contributed by atoms with Gasteiger partial charge in [0.15, 0.2) is 0 Å². The molecule has 1 amide bonds. The Morgan fingerprint density at radius 1 is 1.19 bits per heavy atom. The van der Waals surface area contributed by atoms with Gasteiger partial charge < -0.3 is 14.7 Å². The Hall–Kier alpha value is -3.67. The first-order valence-corrected chi connectivity index (χ1v) is 8.20. The first-order valence-electron chi connectivity index (χ1n) is 8.20. The molecular weight excluding hydrogens is 328 g/mol. The van der Waals surface area contributed by atoms with E-state index in [4.69, 9.17) is 0 Å². The van der Waals surface area contributed by atoms with Crippen LogP contribution in [0.25, 0.3) is 22.5 Å². The highest BCUT2D eigenvalue weighted by Gasteiger charge is 2.04. The van der Waals surface area contributed by atoms with Crippen LogP contribution < -0.4 is 10.9 Å². The number of para-hydroxylation sites is 1. The predicted octanol–water partition coefficient (Wildman–Crippen LogP) is 2.51. The number of hydrogen-bond acceptors (Lipinski definition) is 3. The summed E-state index contributed by atoms with van der Waals surface area (Å²) >= 11 is 0. The summed E-state index contributed by atoms with van der Waals surface area (Å²) in [7, 11) is 0. The molecule has 0 aliphatic heterocycles. The van der Waals surface area contributed by atoms with Gasteiger partial charge in [-0.1, -0.05) is 24.3 Å². The molecule has 3 aromatic heterocycles. The Balaban J connectivity index is 1.48. The van der Waals surface area contributed by atoms with Crippen molar-refractivity contribution in [2.75, 3.05) is 0 Å². The van der Waals surface area contributed by atoms with E-state index in [2.05, 4.69) is 15.3 Å². The maximum absolute atomic E-state index is 12.1. The molecule has 4 rings (SSSR count). The second kappa shape index (κ2) is 6.68. The zero-order valence-electron chi connectivity index (χ0n) is 13.8. The molecule has 1 aromatic carbocycles. The lowest BCUT2D eigenvalue weighted by Gasteiger charge is -2.02. The quantitative estimate of drug-likeness (QED) is 0.558. The molecule has 26 heavy (non-hydrogen) atoms. The first-order chi connectivity index (χ1) is 12.7. The SMILES string of the molecule is O=C(/C=C/c1cc2ccccc2[nH]c1=O)NCc1ncc2ccccn12. The van der Waals surface area contributed by atoms with Gasteiger partial charge in [0.2, 0.25) is 5.91 Å². The number of carbonyl (C=O) groups is 1. The van der Waals surface area contributed by atoms with Crippen LogP contribution in [0.3, 0.4) is 0 Å². The summed E-state index contributed by atoms with van der Waals surface area (Å²) in [5.41, 5.74) is 1.94. The van der Waals surface area contributed by atoms with Gasteiger partial charge in [-0.15, -0.1) is 0 Å². The minimum atomic E-state index is -0.287. The molecule has 2 N–H and O–H groups in total. The van der Waals surface area contributed by atoms with E-state index in [1.54, 1.807) is 12.3 Å². The Bertz CT molecular complexity index is 1190. The highest BCUT2D eigenvalue weighted by molar-refractivity contribution is 5.92. The van der Waals surface area contributed by atoms with E-state index in [-0.39, 0.29) is 11.5 Å². The lowest BCUT2D eigenvalue weighted by atomic mass is 10.1. The molecule has 0 unspecified atom stereocenters. The number of benzene rings is 1. The van der Waals surface area contributed by atoms with Crippen molar-refractivity contribution in [2.45, 2.75) is 6.54 Å². The second-order valence-corrected chi connectivity index (χ2v) is 5.86. The lowest BCUT2D eigenvalue weighted by molar-refractivity contribution is -0.116. The second-order valence-electron chi connectivity index (χ2n) is 5.86. The molecule has 3 heterocycles. The molecule has 0 atom stereocenters. The topological polar surface area (TPSA) is 79.3 Å². The molecule has 0 spiro atoms. The van der Waals surface area contributed by atoms with Gasteiger partial charge in [0.25, 0.3) is 5.56 Å². The number of rotatable bonds is 4. The highest BCUT2D eigenvalue weighted by Crippen LogP contribution is 2.11. The number of fused-ring (bicyclic) bond motifs is 2. The number of H-pyrrole nitrogens is 1. The number of carbonyl (C=O) groups excluding carboxylic acids is 1. The molecule has 0 aliphatic carbocycles. The molecule has 0 radical (unpaired) electrons. The molecule has 6 nitrogen and oxygen atoms in total. The average molecular weight is 344 g/mol. The van der Waals surface area contributed by atoms with Crippen molar-refractivity contribution in [2.24, 2.45) is 0 Å². The van der Waals surface area contributed by atoms with Crippen molar-refractivity contribution in [3.8, 4) is 0 Å². The summed E-state index contributed by atoms with van der Waals surface area (Å²) in [6, 6.07) is 15.1. The predicted molar refractivity (Wildman–Crippen MR) is 101 cm³/mol. The monoisotopic (exact) mass is 344 g/mol. The fraction of sp³-hybridized carbons (Fsp3) is 0.0500. The Morgan fingerprint density at radius 3 is 2.96 bits per heavy atom. The number of imidazole rings is 1. The Labute approximate surface area is 148 Å². The van der Waals surface area contributed by atoms with E-state index in [0.717, 1.165) is 22.2 Å². The maximum Gasteiger partial charge on any atom is 0.255 e. The lowest BCUT2D eigenvalue weighted by Crippen LogP contribution is -2.21. The number of aromatic amines is 1. The van der Waals surface area contributed by atoms with Crippen molar-refractivity contribution in [3.63, 3.8) is 0 Å². The van der Waals surface area contributed by atoms with E-state index in [1.807, 2.05) is 53.1 Å². The van der Waals surface area contributed by atoms with Crippen LogP contribution >= 0.6 is 0 Å². The number of nitrogens with zero attached hydrogens (tertiary/aromatic N) is 2. The first kappa shape index (κ1) is 15.8. The fourth-order valence-electron chi connectivity index (χ4n) is 2.81. The van der Waals surface area contributed by atoms with Crippen LogP contribution in [0.1, 0.15) is 11.4 Å². The van der Waals surface area contributed by atoms with Gasteiger partial charge in [-0.3, -0.25) is 9.59 Å². The van der Waals surface area contributed by atoms with E-state index < -0.39 is 0 Å². The zero-order valence-corrected chi connectivity index (χ0v) is 13.8. The minimum Gasteiger partial charge on any atom is -0.345 e. The summed E-state index contributed by atoms with van der Waals surface area (Å²) in [5, 5.41) is 3.70. The summed E-state index contributed by atoms with van der Waals surface area (Å²) in [5.74, 6) is 0.455. The summed E-state index contributed by atoms with van der Waals surface area (Å²) < 4.78 is 1.91. The zero-order chi connectivity index (χ0) is 17.9. The molecule has 128 valence electrons. The maximum atomic E-state index is 12.1. The van der Waals surface area contributed by atoms with Gasteiger partial charge >= 0.3 is 0 Å². The molecule has 0 saturated carbocycles. The van der Waals surface area contributed by atoms with Gasteiger partial charge in [-0.25, -0.2) is 4.98 Å². The van der Waals surface area contributed by atoms with Crippen molar-refractivity contribution in [3.05, 3.63) is 88.7 Å². The molecule has 0 fully saturated rings. The van der Waals surface area contributed by atoms with E-state index >= 15 is 0 Å². The smallest absolute Gasteiger partial charge is 0.255 e. The largest absolute Gasteiger partial charge is 0.345 e. The number of pyridine rings is 2. The third-order valence-electron chi connectivity index (χ3n) is 4.13. The highest BCUT2D eigenvalue weighted by atomic mass is 16.1. The van der Waals surface area contributed by atoms with Crippen LogP contribution in [0, 0.1) is 0 Å². The number of aromatic nitrogens is 3. The van der Waals surface area contributed by atoms with E-state index in [9.17, 15) is 9.59 Å². The van der Waals surface area contributed by atoms with Crippen LogP contribution in [0.5, 0.6) is 0 Å². The van der Waals surface area contributed by atoms with Gasteiger partial charge in [-0.05, 0) is 35.7 Å². The molecule has 4 aromatic rings. The summed E-state index contributed by atoms with van der Waals surface area (Å²) in [4.78, 5) is 31.3. The van der Waals surface area contributed by atoms with Crippen LogP contribution in [0.15, 0.2) is 71.8 Å². The van der Waals surface area contributed by atoms with Crippen LogP contribution in [0.4, 0.5) is 0 Å². The average Bonchev–Trinajstić information content (AvgIpc) is 3.08. The van der Waals surface area contributed by atoms with Gasteiger partial charge in [0.05, 0.1) is 18.3 Å². The molecular formula is C20H16N4O2. The van der Waals surface area contributed by atoms with Crippen LogP contribution in [0.2, 0.25) is 0 Å². The molecule has 0 bridgehead atoms. The van der Waals surface area contributed by atoms with E-state index in [0.29, 0.717) is 12.1 Å². The van der Waals surface area contributed by atoms with Gasteiger partial charge in [0.1, 0.15) is 5.82 Å². The Kier molecular flexibility index (Phi) is 4.07. The third kappa shape index (κ3) is 3.12. The number of amides is 1. The standard InChI is InChI=1S/C20H16N4O2/c25-19(22-13-18-21-12-16-6-3-4-10-24(16)18)9-8-15-11-14-5-1-2-7-17(14)23-20(15)26/h1-12H,13H2,(H,22,25)(H,23,26)/b9-8+. The van der Waals surface area contributed by atoms with Gasteiger partial charge in [-0.2, -0.15) is 0 Å². The number of nitrogens with one attached hydrogen (secondary N) is 2. The Morgan fingerprint density at radius 2 is 2.04 bits per heavy atom. The van der Waals surface area contributed by atoms with Crippen molar-refractivity contribution in [1.29, 1.82) is 0 Å². The molecule has 0 saturated heterocycles. The van der Waals surface area contributed by atoms with Crippen molar-refractivity contribution < 1.29 is 4.79 Å². The number of hydrogen-bond donors (Lipinski definition) is 2. The molecule has 0 aliphatic rings. The van der Waals surface area contributed by atoms with Crippen molar-refractivity contribution >= 4 is 28.4 Å². The normalized spacial score (nSPS) is 11.4. The summed E-state index contributed by atoms with van der Waals surface area (Å²) in [6.07, 6.45) is 6.53. The van der Waals surface area contributed by atoms with E-state index in [1.165, 1.54) is 12.2 Å². The van der Waals surface area contributed by atoms with Crippen molar-refractivity contribution in [1.82, 2.24) is 19.7 Å². The fourth-order valence-corrected chi connectivity index (χ4v) is 2.81. The molecule has 6 heteroatoms. The van der Waals surface area contributed by atoms with Crippen LogP contribution in [-0.2, 0) is 11.3 Å². The van der Waals surface area contributed by atoms with Crippen LogP contribution in [-0.4, -0.2) is 20.3 Å². The summed E-state index contributed by atoms with van der Waals surface area (Å²) in [6.45, 7) is 0.301. The van der Waals surface area contributed by atoms with Gasteiger partial charge in [0, 0.05) is 23.4 Å². The minimum absolute atomic E-state index is 0.230. The third-order valence-corrected chi connectivity index (χ3v) is 4.13.